The highest BCUT2D eigenvalue weighted by atomic mass is 16.2. The van der Waals surface area contributed by atoms with E-state index in [2.05, 4.69) is 5.32 Å². The maximum absolute atomic E-state index is 12.9. The number of urea groups is 1. The first-order valence-electron chi connectivity index (χ1n) is 8.90. The van der Waals surface area contributed by atoms with Crippen LogP contribution in [0.4, 0.5) is 10.5 Å². The fourth-order valence-electron chi connectivity index (χ4n) is 3.64. The number of benzene rings is 1. The van der Waals surface area contributed by atoms with E-state index in [1.165, 1.54) is 0 Å². The number of carbonyl (C=O) groups excluding carboxylic acids is 3. The Hall–Kier alpha value is -2.37. The van der Waals surface area contributed by atoms with Crippen molar-refractivity contribution in [3.05, 3.63) is 29.8 Å². The fraction of sp³-hybridized carbons (Fsp3) is 0.526. The number of nitrogens with one attached hydrogen (secondary N) is 1. The van der Waals surface area contributed by atoms with Crippen molar-refractivity contribution < 1.29 is 14.4 Å². The first kappa shape index (κ1) is 17.5. The summed E-state index contributed by atoms with van der Waals surface area (Å²) in [6, 6.07) is 6.88. The monoisotopic (exact) mass is 343 g/mol. The summed E-state index contributed by atoms with van der Waals surface area (Å²) in [6.07, 6.45) is 2.39. The topological polar surface area (TPSA) is 69.7 Å². The summed E-state index contributed by atoms with van der Waals surface area (Å²) in [4.78, 5) is 40.3. The normalized spacial score (nSPS) is 23.0. The molecular formula is C19H25N3O3. The first-order chi connectivity index (χ1) is 11.9. The van der Waals surface area contributed by atoms with Crippen LogP contribution in [0.25, 0.3) is 0 Å². The number of hydrogen-bond acceptors (Lipinski definition) is 3. The van der Waals surface area contributed by atoms with E-state index in [0.717, 1.165) is 29.0 Å². The van der Waals surface area contributed by atoms with Crippen LogP contribution in [0.3, 0.4) is 0 Å². The lowest BCUT2D eigenvalue weighted by Crippen LogP contribution is -2.48. The molecule has 1 aromatic carbocycles. The molecule has 1 fully saturated rings. The third kappa shape index (κ3) is 3.38. The van der Waals surface area contributed by atoms with Crippen molar-refractivity contribution in [2.24, 2.45) is 5.92 Å². The van der Waals surface area contributed by atoms with Crippen molar-refractivity contribution in [2.75, 3.05) is 11.4 Å². The van der Waals surface area contributed by atoms with E-state index in [1.807, 2.05) is 45.0 Å². The predicted octanol–water partition coefficient (Wildman–Crippen LogP) is 2.32. The average Bonchev–Trinajstić information content (AvgIpc) is 2.81. The Morgan fingerprint density at radius 2 is 2.00 bits per heavy atom. The van der Waals surface area contributed by atoms with Gasteiger partial charge in [-0.2, -0.15) is 0 Å². The van der Waals surface area contributed by atoms with E-state index < -0.39 is 12.1 Å². The lowest BCUT2D eigenvalue weighted by molar-refractivity contribution is -0.131. The van der Waals surface area contributed by atoms with Crippen LogP contribution in [-0.2, 0) is 16.0 Å². The molecule has 6 heteroatoms. The molecule has 1 saturated heterocycles. The van der Waals surface area contributed by atoms with Gasteiger partial charge in [0, 0.05) is 11.7 Å². The first-order valence-corrected chi connectivity index (χ1v) is 8.90. The minimum Gasteiger partial charge on any atom is -0.326 e. The van der Waals surface area contributed by atoms with Gasteiger partial charge in [-0.1, -0.05) is 32.0 Å². The standard InChI is InChI=1S/C19H25N3O3/c1-12(2)10-15-18(24)21(19(25)20-15)11-17(23)22-13(3)8-9-14-6-4-5-7-16(14)22/h4-7,12-13,15H,8-11H2,1-3H3,(H,20,25)/t13-,15+/m1/s1. The van der Waals surface area contributed by atoms with Gasteiger partial charge in [0.25, 0.3) is 5.91 Å². The smallest absolute Gasteiger partial charge is 0.325 e. The summed E-state index contributed by atoms with van der Waals surface area (Å²) < 4.78 is 0. The minimum atomic E-state index is -0.522. The largest absolute Gasteiger partial charge is 0.326 e. The zero-order valence-corrected chi connectivity index (χ0v) is 15.0. The molecule has 3 rings (SSSR count). The van der Waals surface area contributed by atoms with Gasteiger partial charge in [-0.3, -0.25) is 14.5 Å². The fourth-order valence-corrected chi connectivity index (χ4v) is 3.64. The molecule has 2 atom stereocenters. The molecule has 134 valence electrons. The van der Waals surface area contributed by atoms with E-state index in [4.69, 9.17) is 0 Å². The van der Waals surface area contributed by atoms with Crippen LogP contribution in [0.2, 0.25) is 0 Å². The summed E-state index contributed by atoms with van der Waals surface area (Å²) in [5.41, 5.74) is 2.01. The molecule has 4 amide bonds. The van der Waals surface area contributed by atoms with Crippen LogP contribution in [0.15, 0.2) is 24.3 Å². The Balaban J connectivity index is 1.76. The Morgan fingerprint density at radius 1 is 1.28 bits per heavy atom. The maximum Gasteiger partial charge on any atom is 0.325 e. The van der Waals surface area contributed by atoms with Gasteiger partial charge in [-0.25, -0.2) is 4.79 Å². The van der Waals surface area contributed by atoms with E-state index in [-0.39, 0.29) is 24.4 Å². The van der Waals surface area contributed by atoms with Crippen LogP contribution in [0.1, 0.15) is 39.2 Å². The Bertz CT molecular complexity index is 701. The summed E-state index contributed by atoms with van der Waals surface area (Å²) in [7, 11) is 0. The molecule has 2 aliphatic heterocycles. The highest BCUT2D eigenvalue weighted by Crippen LogP contribution is 2.30. The van der Waals surface area contributed by atoms with Crippen LogP contribution < -0.4 is 10.2 Å². The molecule has 6 nitrogen and oxygen atoms in total. The Morgan fingerprint density at radius 3 is 2.72 bits per heavy atom. The van der Waals surface area contributed by atoms with E-state index in [9.17, 15) is 14.4 Å². The summed E-state index contributed by atoms with van der Waals surface area (Å²) in [5.74, 6) is -0.225. The van der Waals surface area contributed by atoms with E-state index >= 15 is 0 Å². The number of anilines is 1. The van der Waals surface area contributed by atoms with Crippen LogP contribution >= 0.6 is 0 Å². The van der Waals surface area contributed by atoms with Gasteiger partial charge in [0.1, 0.15) is 12.6 Å². The molecular weight excluding hydrogens is 318 g/mol. The molecule has 2 heterocycles. The predicted molar refractivity (Wildman–Crippen MR) is 95.2 cm³/mol. The molecule has 25 heavy (non-hydrogen) atoms. The molecule has 1 N–H and O–H groups in total. The Labute approximate surface area is 148 Å². The number of rotatable bonds is 4. The minimum absolute atomic E-state index is 0.0506. The lowest BCUT2D eigenvalue weighted by Gasteiger charge is -2.36. The summed E-state index contributed by atoms with van der Waals surface area (Å²) in [6.45, 7) is 5.79. The SMILES string of the molecule is CC(C)C[C@@H]1NC(=O)N(CC(=O)N2c3ccccc3CC[C@H]2C)C1=O. The number of aryl methyl sites for hydroxylation is 1. The van der Waals surface area contributed by atoms with E-state index in [0.29, 0.717) is 12.3 Å². The number of carbonyl (C=O) groups is 3. The average molecular weight is 343 g/mol. The number of nitrogens with zero attached hydrogens (tertiary/aromatic N) is 2. The second-order valence-electron chi connectivity index (χ2n) is 7.34. The van der Waals surface area contributed by atoms with Crippen molar-refractivity contribution in [3.63, 3.8) is 0 Å². The summed E-state index contributed by atoms with van der Waals surface area (Å²) in [5, 5.41) is 2.69. The molecule has 0 bridgehead atoms. The van der Waals surface area contributed by atoms with Crippen molar-refractivity contribution in [1.29, 1.82) is 0 Å². The van der Waals surface area contributed by atoms with Gasteiger partial charge >= 0.3 is 6.03 Å². The van der Waals surface area contributed by atoms with Crippen LogP contribution in [0, 0.1) is 5.92 Å². The number of fused-ring (bicyclic) bond motifs is 1. The highest BCUT2D eigenvalue weighted by molar-refractivity contribution is 6.08. The van der Waals surface area contributed by atoms with Gasteiger partial charge in [-0.15, -0.1) is 0 Å². The number of para-hydroxylation sites is 1. The van der Waals surface area contributed by atoms with E-state index in [1.54, 1.807) is 4.90 Å². The van der Waals surface area contributed by atoms with Crippen molar-refractivity contribution in [3.8, 4) is 0 Å². The van der Waals surface area contributed by atoms with Gasteiger partial charge < -0.3 is 10.2 Å². The number of amides is 4. The van der Waals surface area contributed by atoms with Gasteiger partial charge in [0.2, 0.25) is 5.91 Å². The van der Waals surface area contributed by atoms with Crippen molar-refractivity contribution >= 4 is 23.5 Å². The van der Waals surface area contributed by atoms with Gasteiger partial charge in [0.05, 0.1) is 0 Å². The molecule has 0 aliphatic carbocycles. The molecule has 0 aromatic heterocycles. The molecule has 0 radical (unpaired) electrons. The lowest BCUT2D eigenvalue weighted by atomic mass is 9.96. The van der Waals surface area contributed by atoms with Gasteiger partial charge in [-0.05, 0) is 43.7 Å². The van der Waals surface area contributed by atoms with Crippen LogP contribution in [0.5, 0.6) is 0 Å². The quantitative estimate of drug-likeness (QED) is 0.853. The third-order valence-electron chi connectivity index (χ3n) is 4.90. The molecule has 0 spiro atoms. The second kappa shape index (κ2) is 6.86. The number of imide groups is 1. The molecule has 1 aromatic rings. The third-order valence-corrected chi connectivity index (χ3v) is 4.90. The zero-order chi connectivity index (χ0) is 18.1. The molecule has 0 unspecified atom stereocenters. The second-order valence-corrected chi connectivity index (χ2v) is 7.34. The van der Waals surface area contributed by atoms with Crippen molar-refractivity contribution in [1.82, 2.24) is 10.2 Å². The summed E-state index contributed by atoms with van der Waals surface area (Å²) >= 11 is 0. The van der Waals surface area contributed by atoms with Crippen LogP contribution in [-0.4, -0.2) is 41.4 Å². The maximum atomic E-state index is 12.9. The highest BCUT2D eigenvalue weighted by Gasteiger charge is 2.40. The van der Waals surface area contributed by atoms with Gasteiger partial charge in [0.15, 0.2) is 0 Å². The van der Waals surface area contributed by atoms with Crippen molar-refractivity contribution in [2.45, 2.75) is 52.1 Å². The molecule has 2 aliphatic rings. The zero-order valence-electron chi connectivity index (χ0n) is 15.0. The molecule has 0 saturated carbocycles. The Kier molecular flexibility index (Phi) is 4.79. The number of hydrogen-bond donors (Lipinski definition) is 1.